The van der Waals surface area contributed by atoms with E-state index < -0.39 is 17.9 Å². The number of carboxylic acid groups (broad SMARTS) is 1. The molecule has 0 aliphatic carbocycles. The van der Waals surface area contributed by atoms with Gasteiger partial charge in [-0.15, -0.1) is 0 Å². The summed E-state index contributed by atoms with van der Waals surface area (Å²) in [6.45, 7) is 1.36. The number of rotatable bonds is 3. The highest BCUT2D eigenvalue weighted by atomic mass is 35.5. The molecule has 0 bridgehead atoms. The van der Waals surface area contributed by atoms with Crippen LogP contribution in [0.15, 0.2) is 18.2 Å². The molecular weight excluding hydrogens is 253 g/mol. The Morgan fingerprint density at radius 2 is 2.00 bits per heavy atom. The molecule has 6 heteroatoms. The summed E-state index contributed by atoms with van der Waals surface area (Å²) in [5.74, 6) is -1.69. The van der Waals surface area contributed by atoms with Crippen LogP contribution in [0.3, 0.4) is 0 Å². The number of carbonyl (C=O) groups is 2. The van der Waals surface area contributed by atoms with E-state index >= 15 is 0 Å². The lowest BCUT2D eigenvalue weighted by atomic mass is 10.2. The van der Waals surface area contributed by atoms with Crippen molar-refractivity contribution in [1.29, 1.82) is 0 Å². The van der Waals surface area contributed by atoms with E-state index in [1.54, 1.807) is 12.1 Å². The molecular formula is C10H9Cl2NO3. The molecule has 4 nitrogen and oxygen atoms in total. The molecule has 0 heterocycles. The van der Waals surface area contributed by atoms with Crippen molar-refractivity contribution in [2.45, 2.75) is 13.0 Å². The summed E-state index contributed by atoms with van der Waals surface area (Å²) >= 11 is 11.5. The van der Waals surface area contributed by atoms with Gasteiger partial charge in [-0.05, 0) is 19.1 Å². The molecule has 1 aromatic carbocycles. The van der Waals surface area contributed by atoms with Gasteiger partial charge in [0.2, 0.25) is 0 Å². The molecule has 2 N–H and O–H groups in total. The Balaban J connectivity index is 2.89. The van der Waals surface area contributed by atoms with Gasteiger partial charge in [0.25, 0.3) is 5.91 Å². The van der Waals surface area contributed by atoms with Crippen LogP contribution in [0.2, 0.25) is 10.0 Å². The number of hydrogen-bond donors (Lipinski definition) is 2. The number of carbonyl (C=O) groups excluding carboxylic acids is 1. The van der Waals surface area contributed by atoms with E-state index in [1.807, 2.05) is 0 Å². The van der Waals surface area contributed by atoms with E-state index in [-0.39, 0.29) is 15.6 Å². The molecule has 0 aliphatic rings. The molecule has 16 heavy (non-hydrogen) atoms. The highest BCUT2D eigenvalue weighted by Crippen LogP contribution is 2.25. The lowest BCUT2D eigenvalue weighted by molar-refractivity contribution is -0.138. The van der Waals surface area contributed by atoms with Gasteiger partial charge in [-0.25, -0.2) is 0 Å². The number of halogens is 2. The Kier molecular flexibility index (Phi) is 4.15. The molecule has 0 aromatic heterocycles. The largest absolute Gasteiger partial charge is 0.480 e. The fraction of sp³-hybridized carbons (Fsp3) is 0.200. The number of nitrogens with one attached hydrogen (secondary N) is 1. The Morgan fingerprint density at radius 1 is 1.38 bits per heavy atom. The summed E-state index contributed by atoms with van der Waals surface area (Å²) in [7, 11) is 0. The smallest absolute Gasteiger partial charge is 0.325 e. The monoisotopic (exact) mass is 261 g/mol. The van der Waals surface area contributed by atoms with Crippen LogP contribution in [0.5, 0.6) is 0 Å². The fourth-order valence-corrected chi connectivity index (χ4v) is 1.40. The quantitative estimate of drug-likeness (QED) is 0.877. The van der Waals surface area contributed by atoms with Crippen LogP contribution < -0.4 is 5.32 Å². The maximum atomic E-state index is 11.6. The van der Waals surface area contributed by atoms with Crippen LogP contribution >= 0.6 is 23.2 Å². The molecule has 0 aliphatic heterocycles. The third kappa shape index (κ3) is 2.87. The first-order chi connectivity index (χ1) is 7.43. The van der Waals surface area contributed by atoms with Crippen molar-refractivity contribution in [1.82, 2.24) is 5.32 Å². The molecule has 1 amide bonds. The Morgan fingerprint density at radius 3 is 2.56 bits per heavy atom. The van der Waals surface area contributed by atoms with Crippen LogP contribution in [0.1, 0.15) is 17.3 Å². The Bertz CT molecular complexity index is 434. The summed E-state index contributed by atoms with van der Waals surface area (Å²) in [6.07, 6.45) is 0. The van der Waals surface area contributed by atoms with Gasteiger partial charge in [0, 0.05) is 0 Å². The summed E-state index contributed by atoms with van der Waals surface area (Å²) in [4.78, 5) is 22.2. The molecule has 0 saturated carbocycles. The van der Waals surface area contributed by atoms with Gasteiger partial charge in [0.1, 0.15) is 6.04 Å². The predicted molar refractivity (Wildman–Crippen MR) is 61.0 cm³/mol. The maximum absolute atomic E-state index is 11.6. The van der Waals surface area contributed by atoms with Crippen molar-refractivity contribution >= 4 is 35.1 Å². The average Bonchev–Trinajstić information content (AvgIpc) is 2.21. The molecule has 1 aromatic rings. The maximum Gasteiger partial charge on any atom is 0.325 e. The van der Waals surface area contributed by atoms with Crippen molar-refractivity contribution < 1.29 is 14.7 Å². The van der Waals surface area contributed by atoms with E-state index in [9.17, 15) is 9.59 Å². The number of carboxylic acids is 1. The first-order valence-electron chi connectivity index (χ1n) is 4.41. The molecule has 1 atom stereocenters. The van der Waals surface area contributed by atoms with Crippen LogP contribution in [0.25, 0.3) is 0 Å². The predicted octanol–water partition coefficient (Wildman–Crippen LogP) is 2.20. The number of aliphatic carboxylic acids is 1. The van der Waals surface area contributed by atoms with E-state index in [4.69, 9.17) is 28.3 Å². The minimum absolute atomic E-state index is 0.110. The first-order valence-corrected chi connectivity index (χ1v) is 5.16. The number of benzene rings is 1. The van der Waals surface area contributed by atoms with Crippen molar-refractivity contribution in [3.05, 3.63) is 33.8 Å². The van der Waals surface area contributed by atoms with Crippen LogP contribution in [0, 0.1) is 0 Å². The van der Waals surface area contributed by atoms with E-state index in [2.05, 4.69) is 5.32 Å². The van der Waals surface area contributed by atoms with Gasteiger partial charge in [-0.2, -0.15) is 0 Å². The second kappa shape index (κ2) is 5.18. The van der Waals surface area contributed by atoms with Gasteiger partial charge >= 0.3 is 5.97 Å². The Hall–Kier alpha value is -1.26. The van der Waals surface area contributed by atoms with Gasteiger partial charge in [-0.1, -0.05) is 29.3 Å². The van der Waals surface area contributed by atoms with Gasteiger partial charge in [-0.3, -0.25) is 9.59 Å². The minimum atomic E-state index is -1.12. The highest BCUT2D eigenvalue weighted by Gasteiger charge is 2.18. The fourth-order valence-electron chi connectivity index (χ4n) is 1.02. The zero-order valence-corrected chi connectivity index (χ0v) is 9.84. The summed E-state index contributed by atoms with van der Waals surface area (Å²) in [5, 5.41) is 11.3. The second-order valence-electron chi connectivity index (χ2n) is 3.13. The van der Waals surface area contributed by atoms with E-state index in [0.29, 0.717) is 0 Å². The minimum Gasteiger partial charge on any atom is -0.480 e. The normalized spacial score (nSPS) is 11.9. The van der Waals surface area contributed by atoms with E-state index in [0.717, 1.165) is 0 Å². The van der Waals surface area contributed by atoms with Crippen molar-refractivity contribution in [3.8, 4) is 0 Å². The zero-order chi connectivity index (χ0) is 12.3. The second-order valence-corrected chi connectivity index (χ2v) is 3.92. The third-order valence-electron chi connectivity index (χ3n) is 1.91. The standard InChI is InChI=1S/C10H9Cl2NO3/c1-5(10(15)16)13-9(14)6-3-2-4-7(11)8(6)12/h2-5H,1H3,(H,13,14)(H,15,16)/t5-/m1/s1. The summed E-state index contributed by atoms with van der Waals surface area (Å²) in [5.41, 5.74) is 0.155. The topological polar surface area (TPSA) is 66.4 Å². The van der Waals surface area contributed by atoms with Gasteiger partial charge in [0.05, 0.1) is 15.6 Å². The lowest BCUT2D eigenvalue weighted by Crippen LogP contribution is -2.38. The van der Waals surface area contributed by atoms with Crippen LogP contribution in [-0.2, 0) is 4.79 Å². The molecule has 86 valence electrons. The number of amides is 1. The van der Waals surface area contributed by atoms with Crippen LogP contribution in [-0.4, -0.2) is 23.0 Å². The molecule has 0 spiro atoms. The van der Waals surface area contributed by atoms with E-state index in [1.165, 1.54) is 13.0 Å². The third-order valence-corrected chi connectivity index (χ3v) is 2.73. The summed E-state index contributed by atoms with van der Waals surface area (Å²) < 4.78 is 0. The average molecular weight is 262 g/mol. The highest BCUT2D eigenvalue weighted by molar-refractivity contribution is 6.43. The van der Waals surface area contributed by atoms with Gasteiger partial charge in [0.15, 0.2) is 0 Å². The van der Waals surface area contributed by atoms with Crippen LogP contribution in [0.4, 0.5) is 0 Å². The lowest BCUT2D eigenvalue weighted by Gasteiger charge is -2.10. The SMILES string of the molecule is C[C@@H](NC(=O)c1cccc(Cl)c1Cl)C(=O)O. The molecule has 0 saturated heterocycles. The summed E-state index contributed by atoms with van der Waals surface area (Å²) in [6, 6.07) is 3.59. The van der Waals surface area contributed by atoms with Crippen molar-refractivity contribution in [2.24, 2.45) is 0 Å². The number of hydrogen-bond acceptors (Lipinski definition) is 2. The molecule has 0 fully saturated rings. The Labute approximate surface area is 102 Å². The van der Waals surface area contributed by atoms with Crippen molar-refractivity contribution in [3.63, 3.8) is 0 Å². The molecule has 1 rings (SSSR count). The van der Waals surface area contributed by atoms with Crippen molar-refractivity contribution in [2.75, 3.05) is 0 Å². The first kappa shape index (κ1) is 12.8. The molecule has 0 unspecified atom stereocenters. The zero-order valence-electron chi connectivity index (χ0n) is 8.33. The molecule has 0 radical (unpaired) electrons. The van der Waals surface area contributed by atoms with Gasteiger partial charge < -0.3 is 10.4 Å².